The molecule has 0 atom stereocenters. The molecule has 1 rings (SSSR count). The van der Waals surface area contributed by atoms with Crippen LogP contribution in [0.5, 0.6) is 0 Å². The summed E-state index contributed by atoms with van der Waals surface area (Å²) < 4.78 is 4.94. The topological polar surface area (TPSA) is 67.4 Å². The van der Waals surface area contributed by atoms with Gasteiger partial charge in [-0.05, 0) is 39.5 Å². The highest BCUT2D eigenvalue weighted by Crippen LogP contribution is 2.31. The summed E-state index contributed by atoms with van der Waals surface area (Å²) in [4.78, 5) is 22.3. The van der Waals surface area contributed by atoms with Gasteiger partial charge in [-0.1, -0.05) is 0 Å². The number of carbonyl (C=O) groups is 2. The zero-order chi connectivity index (χ0) is 11.5. The molecular formula is C10H18N2O3. The lowest BCUT2D eigenvalue weighted by Crippen LogP contribution is -2.44. The van der Waals surface area contributed by atoms with Crippen molar-refractivity contribution in [2.45, 2.75) is 45.6 Å². The van der Waals surface area contributed by atoms with E-state index in [-0.39, 0.29) is 5.91 Å². The minimum Gasteiger partial charge on any atom is -0.443 e. The monoisotopic (exact) mass is 214 g/mol. The van der Waals surface area contributed by atoms with E-state index in [0.29, 0.717) is 12.3 Å². The molecule has 0 heterocycles. The Morgan fingerprint density at radius 3 is 2.33 bits per heavy atom. The fourth-order valence-electron chi connectivity index (χ4n) is 1.06. The van der Waals surface area contributed by atoms with Gasteiger partial charge >= 0.3 is 6.09 Å². The van der Waals surface area contributed by atoms with Crippen LogP contribution in [0.2, 0.25) is 0 Å². The average molecular weight is 214 g/mol. The third kappa shape index (κ3) is 5.93. The van der Waals surface area contributed by atoms with Crippen molar-refractivity contribution in [1.82, 2.24) is 10.9 Å². The molecule has 15 heavy (non-hydrogen) atoms. The summed E-state index contributed by atoms with van der Waals surface area (Å²) in [6.45, 7) is 5.29. The summed E-state index contributed by atoms with van der Waals surface area (Å²) >= 11 is 0. The van der Waals surface area contributed by atoms with Gasteiger partial charge in [-0.3, -0.25) is 10.2 Å². The van der Waals surface area contributed by atoms with Crippen LogP contribution in [0.15, 0.2) is 0 Å². The predicted molar refractivity (Wildman–Crippen MR) is 54.9 cm³/mol. The van der Waals surface area contributed by atoms with Gasteiger partial charge in [0.2, 0.25) is 5.91 Å². The maximum Gasteiger partial charge on any atom is 0.426 e. The molecular weight excluding hydrogens is 196 g/mol. The SMILES string of the molecule is CC(C)(C)OC(=O)NNC(=O)CC1CC1. The minimum absolute atomic E-state index is 0.164. The van der Waals surface area contributed by atoms with E-state index in [0.717, 1.165) is 12.8 Å². The summed E-state index contributed by atoms with van der Waals surface area (Å²) in [7, 11) is 0. The van der Waals surface area contributed by atoms with Gasteiger partial charge in [0.1, 0.15) is 5.60 Å². The molecule has 0 aromatic carbocycles. The molecule has 0 aromatic heterocycles. The highest BCUT2D eigenvalue weighted by atomic mass is 16.6. The van der Waals surface area contributed by atoms with E-state index in [9.17, 15) is 9.59 Å². The van der Waals surface area contributed by atoms with Crippen molar-refractivity contribution in [3.05, 3.63) is 0 Å². The Labute approximate surface area is 89.5 Å². The molecule has 0 bridgehead atoms. The molecule has 0 aromatic rings. The Hall–Kier alpha value is -1.26. The quantitative estimate of drug-likeness (QED) is 0.682. The van der Waals surface area contributed by atoms with Crippen LogP contribution in [0, 0.1) is 5.92 Å². The second kappa shape index (κ2) is 4.51. The molecule has 86 valence electrons. The minimum atomic E-state index is -0.633. The number of rotatable bonds is 2. The van der Waals surface area contributed by atoms with Crippen molar-refractivity contribution in [3.63, 3.8) is 0 Å². The van der Waals surface area contributed by atoms with Crippen molar-refractivity contribution < 1.29 is 14.3 Å². The lowest BCUT2D eigenvalue weighted by Gasteiger charge is -2.19. The molecule has 0 unspecified atom stereocenters. The van der Waals surface area contributed by atoms with Crippen LogP contribution in [0.4, 0.5) is 4.79 Å². The number of hydrogen-bond donors (Lipinski definition) is 2. The molecule has 2 amide bonds. The first-order valence-corrected chi connectivity index (χ1v) is 5.14. The third-order valence-electron chi connectivity index (χ3n) is 1.87. The summed E-state index contributed by atoms with van der Waals surface area (Å²) in [5.41, 5.74) is 3.97. The van der Waals surface area contributed by atoms with Crippen molar-refractivity contribution in [3.8, 4) is 0 Å². The number of carbonyl (C=O) groups excluding carboxylic acids is 2. The number of nitrogens with one attached hydrogen (secondary N) is 2. The second-order valence-corrected chi connectivity index (χ2v) is 4.82. The van der Waals surface area contributed by atoms with E-state index in [2.05, 4.69) is 10.9 Å². The number of hydrogen-bond acceptors (Lipinski definition) is 3. The number of amides is 2. The molecule has 5 nitrogen and oxygen atoms in total. The first-order valence-electron chi connectivity index (χ1n) is 5.14. The van der Waals surface area contributed by atoms with E-state index in [4.69, 9.17) is 4.74 Å². The van der Waals surface area contributed by atoms with Crippen molar-refractivity contribution >= 4 is 12.0 Å². The van der Waals surface area contributed by atoms with Gasteiger partial charge in [-0.15, -0.1) is 0 Å². The molecule has 0 radical (unpaired) electrons. The van der Waals surface area contributed by atoms with Gasteiger partial charge in [0.25, 0.3) is 0 Å². The molecule has 0 spiro atoms. The smallest absolute Gasteiger partial charge is 0.426 e. The normalized spacial score (nSPS) is 15.7. The fourth-order valence-corrected chi connectivity index (χ4v) is 1.06. The Morgan fingerprint density at radius 2 is 1.87 bits per heavy atom. The predicted octanol–water partition coefficient (Wildman–Crippen LogP) is 1.34. The standard InChI is InChI=1S/C10H18N2O3/c1-10(2,3)15-9(14)12-11-8(13)6-7-4-5-7/h7H,4-6H2,1-3H3,(H,11,13)(H,12,14). The zero-order valence-electron chi connectivity index (χ0n) is 9.42. The molecule has 0 saturated heterocycles. The molecule has 1 aliphatic carbocycles. The Kier molecular flexibility index (Phi) is 3.55. The van der Waals surface area contributed by atoms with E-state index >= 15 is 0 Å². The van der Waals surface area contributed by atoms with Gasteiger partial charge in [-0.25, -0.2) is 10.2 Å². The van der Waals surface area contributed by atoms with Crippen LogP contribution >= 0.6 is 0 Å². The first kappa shape index (κ1) is 11.8. The zero-order valence-corrected chi connectivity index (χ0v) is 9.42. The van der Waals surface area contributed by atoms with Crippen molar-refractivity contribution in [2.24, 2.45) is 5.92 Å². The molecule has 5 heteroatoms. The van der Waals surface area contributed by atoms with Crippen LogP contribution in [-0.2, 0) is 9.53 Å². The molecule has 1 saturated carbocycles. The van der Waals surface area contributed by atoms with E-state index in [1.54, 1.807) is 20.8 Å². The Morgan fingerprint density at radius 1 is 1.27 bits per heavy atom. The van der Waals surface area contributed by atoms with Crippen LogP contribution < -0.4 is 10.9 Å². The van der Waals surface area contributed by atoms with Gasteiger partial charge in [0.15, 0.2) is 0 Å². The summed E-state index contributed by atoms with van der Waals surface area (Å²) in [6, 6.07) is 0. The maximum atomic E-state index is 11.2. The van der Waals surface area contributed by atoms with Crippen LogP contribution in [0.3, 0.4) is 0 Å². The molecule has 0 aliphatic heterocycles. The van der Waals surface area contributed by atoms with Gasteiger partial charge in [-0.2, -0.15) is 0 Å². The number of hydrazine groups is 1. The van der Waals surface area contributed by atoms with Crippen LogP contribution in [0.1, 0.15) is 40.0 Å². The average Bonchev–Trinajstić information content (AvgIpc) is 2.81. The molecule has 1 fully saturated rings. The molecule has 1 aliphatic rings. The van der Waals surface area contributed by atoms with Gasteiger partial charge < -0.3 is 4.74 Å². The van der Waals surface area contributed by atoms with E-state index in [1.807, 2.05) is 0 Å². The van der Waals surface area contributed by atoms with Crippen LogP contribution in [0.25, 0.3) is 0 Å². The van der Waals surface area contributed by atoms with Crippen molar-refractivity contribution in [2.75, 3.05) is 0 Å². The fraction of sp³-hybridized carbons (Fsp3) is 0.800. The van der Waals surface area contributed by atoms with Gasteiger partial charge in [0, 0.05) is 6.42 Å². The summed E-state index contributed by atoms with van der Waals surface area (Å²) in [5, 5.41) is 0. The second-order valence-electron chi connectivity index (χ2n) is 4.82. The van der Waals surface area contributed by atoms with Crippen LogP contribution in [-0.4, -0.2) is 17.6 Å². The number of ether oxygens (including phenoxy) is 1. The first-order chi connectivity index (χ1) is 6.87. The van der Waals surface area contributed by atoms with Gasteiger partial charge in [0.05, 0.1) is 0 Å². The lowest BCUT2D eigenvalue weighted by atomic mass is 10.2. The molecule has 2 N–H and O–H groups in total. The third-order valence-corrected chi connectivity index (χ3v) is 1.87. The maximum absolute atomic E-state index is 11.2. The largest absolute Gasteiger partial charge is 0.443 e. The van der Waals surface area contributed by atoms with E-state index in [1.165, 1.54) is 0 Å². The highest BCUT2D eigenvalue weighted by molar-refractivity contribution is 5.79. The Balaban J connectivity index is 2.12. The van der Waals surface area contributed by atoms with Crippen molar-refractivity contribution in [1.29, 1.82) is 0 Å². The summed E-state index contributed by atoms with van der Waals surface area (Å²) in [6.07, 6.45) is 2.07. The summed E-state index contributed by atoms with van der Waals surface area (Å²) in [5.74, 6) is 0.341. The van der Waals surface area contributed by atoms with E-state index < -0.39 is 11.7 Å². The highest BCUT2D eigenvalue weighted by Gasteiger charge is 2.24. The Bertz CT molecular complexity index is 254. The lowest BCUT2D eigenvalue weighted by molar-refractivity contribution is -0.122.